The zero-order valence-electron chi connectivity index (χ0n) is 9.95. The highest BCUT2D eigenvalue weighted by Gasteiger charge is 2.56. The Morgan fingerprint density at radius 1 is 1.12 bits per heavy atom. The zero-order valence-corrected chi connectivity index (χ0v) is 9.95. The molecule has 1 aliphatic heterocycles. The van der Waals surface area contributed by atoms with Gasteiger partial charge in [0.05, 0.1) is 0 Å². The smallest absolute Gasteiger partial charge is 0.00144 e. The first kappa shape index (κ1) is 9.67. The second-order valence-electron chi connectivity index (χ2n) is 5.75. The molecule has 0 radical (unpaired) electrons. The SMILES string of the molecule is c1ccc2cc(CC34CNC[C@@H]3C4)ccc2c1. The number of nitrogens with one attached hydrogen (secondary N) is 1. The first-order valence-electron chi connectivity index (χ1n) is 6.54. The summed E-state index contributed by atoms with van der Waals surface area (Å²) in [5.41, 5.74) is 2.12. The summed E-state index contributed by atoms with van der Waals surface area (Å²) in [7, 11) is 0. The third-order valence-corrected chi connectivity index (χ3v) is 4.60. The fourth-order valence-electron chi connectivity index (χ4n) is 3.47. The number of fused-ring (bicyclic) bond motifs is 2. The molecule has 2 aromatic carbocycles. The molecule has 0 bridgehead atoms. The van der Waals surface area contributed by atoms with Crippen molar-refractivity contribution in [3.63, 3.8) is 0 Å². The van der Waals surface area contributed by atoms with Gasteiger partial charge in [-0.15, -0.1) is 0 Å². The molecule has 0 amide bonds. The summed E-state index contributed by atoms with van der Waals surface area (Å²) in [5.74, 6) is 0.953. The molecule has 1 N–H and O–H groups in total. The van der Waals surface area contributed by atoms with E-state index in [9.17, 15) is 0 Å². The molecule has 1 saturated carbocycles. The maximum Gasteiger partial charge on any atom is 0.00144 e. The quantitative estimate of drug-likeness (QED) is 0.825. The van der Waals surface area contributed by atoms with Gasteiger partial charge in [0.2, 0.25) is 0 Å². The molecule has 0 spiro atoms. The highest BCUT2D eigenvalue weighted by molar-refractivity contribution is 5.83. The van der Waals surface area contributed by atoms with Crippen molar-refractivity contribution in [2.45, 2.75) is 12.8 Å². The Morgan fingerprint density at radius 2 is 2.00 bits per heavy atom. The van der Waals surface area contributed by atoms with Crippen LogP contribution in [0.4, 0.5) is 0 Å². The largest absolute Gasteiger partial charge is 0.316 e. The van der Waals surface area contributed by atoms with E-state index in [0.29, 0.717) is 5.41 Å². The minimum atomic E-state index is 0.614. The van der Waals surface area contributed by atoms with Crippen LogP contribution in [0.1, 0.15) is 12.0 Å². The van der Waals surface area contributed by atoms with Crippen molar-refractivity contribution in [1.82, 2.24) is 5.32 Å². The highest BCUT2D eigenvalue weighted by atomic mass is 15.0. The van der Waals surface area contributed by atoms with E-state index in [4.69, 9.17) is 0 Å². The van der Waals surface area contributed by atoms with Crippen LogP contribution < -0.4 is 5.32 Å². The van der Waals surface area contributed by atoms with Gasteiger partial charge in [-0.2, -0.15) is 0 Å². The lowest BCUT2D eigenvalue weighted by Crippen LogP contribution is -2.17. The van der Waals surface area contributed by atoms with Crippen molar-refractivity contribution in [3.05, 3.63) is 48.0 Å². The van der Waals surface area contributed by atoms with Gasteiger partial charge in [-0.3, -0.25) is 0 Å². The zero-order chi connectivity index (χ0) is 11.3. The Labute approximate surface area is 102 Å². The molecule has 17 heavy (non-hydrogen) atoms. The van der Waals surface area contributed by atoms with Crippen LogP contribution in [0.3, 0.4) is 0 Å². The molecule has 86 valence electrons. The van der Waals surface area contributed by atoms with Crippen LogP contribution in [0.5, 0.6) is 0 Å². The maximum absolute atomic E-state index is 3.52. The second-order valence-corrected chi connectivity index (χ2v) is 5.75. The molecular formula is C16H17N. The topological polar surface area (TPSA) is 12.0 Å². The summed E-state index contributed by atoms with van der Waals surface area (Å²) in [6.45, 7) is 2.47. The Balaban J connectivity index is 1.68. The van der Waals surface area contributed by atoms with Gasteiger partial charge in [-0.25, -0.2) is 0 Å². The number of piperidine rings is 1. The van der Waals surface area contributed by atoms with E-state index in [0.717, 1.165) is 5.92 Å². The normalized spacial score (nSPS) is 30.5. The minimum Gasteiger partial charge on any atom is -0.316 e. The fraction of sp³-hybridized carbons (Fsp3) is 0.375. The molecule has 1 saturated heterocycles. The van der Waals surface area contributed by atoms with Crippen LogP contribution in [0, 0.1) is 11.3 Å². The Kier molecular flexibility index (Phi) is 1.89. The van der Waals surface area contributed by atoms with E-state index < -0.39 is 0 Å². The Hall–Kier alpha value is -1.34. The van der Waals surface area contributed by atoms with Gasteiger partial charge in [0.25, 0.3) is 0 Å². The molecule has 2 fully saturated rings. The molecular weight excluding hydrogens is 206 g/mol. The predicted molar refractivity (Wildman–Crippen MR) is 71.1 cm³/mol. The molecule has 2 atom stereocenters. The number of hydrogen-bond acceptors (Lipinski definition) is 1. The van der Waals surface area contributed by atoms with E-state index in [1.165, 1.54) is 42.3 Å². The van der Waals surface area contributed by atoms with Gasteiger partial charge < -0.3 is 5.32 Å². The highest BCUT2D eigenvalue weighted by Crippen LogP contribution is 2.56. The monoisotopic (exact) mass is 223 g/mol. The molecule has 1 heteroatoms. The minimum absolute atomic E-state index is 0.614. The van der Waals surface area contributed by atoms with Crippen molar-refractivity contribution in [3.8, 4) is 0 Å². The van der Waals surface area contributed by atoms with Crippen LogP contribution in [0.2, 0.25) is 0 Å². The molecule has 4 rings (SSSR count). The maximum atomic E-state index is 3.52. The van der Waals surface area contributed by atoms with Gasteiger partial charge in [0, 0.05) is 6.54 Å². The van der Waals surface area contributed by atoms with Crippen LogP contribution in [0.25, 0.3) is 10.8 Å². The van der Waals surface area contributed by atoms with Gasteiger partial charge in [0.15, 0.2) is 0 Å². The molecule has 1 heterocycles. The standard InChI is InChI=1S/C16H17N/c1-2-4-14-7-12(5-6-13(14)3-1)8-16-9-15(16)10-17-11-16/h1-7,15,17H,8-11H2/t15-,16?/m0/s1. The third kappa shape index (κ3) is 1.49. The van der Waals surface area contributed by atoms with Crippen molar-refractivity contribution in [2.24, 2.45) is 11.3 Å². The van der Waals surface area contributed by atoms with Gasteiger partial charge in [-0.1, -0.05) is 42.5 Å². The van der Waals surface area contributed by atoms with E-state index in [1.807, 2.05) is 0 Å². The third-order valence-electron chi connectivity index (χ3n) is 4.60. The molecule has 1 aliphatic carbocycles. The lowest BCUT2D eigenvalue weighted by Gasteiger charge is -2.12. The molecule has 2 aliphatic rings. The molecule has 0 aromatic heterocycles. The van der Waals surface area contributed by atoms with Crippen molar-refractivity contribution in [2.75, 3.05) is 13.1 Å². The summed E-state index contributed by atoms with van der Waals surface area (Å²) in [6, 6.07) is 15.6. The van der Waals surface area contributed by atoms with E-state index >= 15 is 0 Å². The van der Waals surface area contributed by atoms with Crippen LogP contribution >= 0.6 is 0 Å². The van der Waals surface area contributed by atoms with Gasteiger partial charge >= 0.3 is 0 Å². The molecule has 1 nitrogen and oxygen atoms in total. The average molecular weight is 223 g/mol. The van der Waals surface area contributed by atoms with Crippen LogP contribution in [-0.4, -0.2) is 13.1 Å². The van der Waals surface area contributed by atoms with E-state index in [1.54, 1.807) is 0 Å². The predicted octanol–water partition coefficient (Wildman–Crippen LogP) is 2.99. The first-order valence-corrected chi connectivity index (χ1v) is 6.54. The Bertz CT molecular complexity index is 575. The summed E-state index contributed by atoms with van der Waals surface area (Å²) in [4.78, 5) is 0. The summed E-state index contributed by atoms with van der Waals surface area (Å²) >= 11 is 0. The van der Waals surface area contributed by atoms with Crippen molar-refractivity contribution < 1.29 is 0 Å². The number of hydrogen-bond donors (Lipinski definition) is 1. The molecule has 1 unspecified atom stereocenters. The van der Waals surface area contributed by atoms with Crippen LogP contribution in [0.15, 0.2) is 42.5 Å². The first-order chi connectivity index (χ1) is 8.36. The summed E-state index contributed by atoms with van der Waals surface area (Å²) in [6.07, 6.45) is 2.70. The second kappa shape index (κ2) is 3.33. The fourth-order valence-corrected chi connectivity index (χ4v) is 3.47. The van der Waals surface area contributed by atoms with E-state index in [-0.39, 0.29) is 0 Å². The lowest BCUT2D eigenvalue weighted by molar-refractivity contribution is 0.512. The van der Waals surface area contributed by atoms with E-state index in [2.05, 4.69) is 47.8 Å². The van der Waals surface area contributed by atoms with Gasteiger partial charge in [0.1, 0.15) is 0 Å². The lowest BCUT2D eigenvalue weighted by atomic mass is 9.94. The van der Waals surface area contributed by atoms with Crippen molar-refractivity contribution >= 4 is 10.8 Å². The number of rotatable bonds is 2. The number of benzene rings is 2. The Morgan fingerprint density at radius 3 is 2.76 bits per heavy atom. The van der Waals surface area contributed by atoms with Gasteiger partial charge in [-0.05, 0) is 47.1 Å². The van der Waals surface area contributed by atoms with Crippen molar-refractivity contribution in [1.29, 1.82) is 0 Å². The average Bonchev–Trinajstić information content (AvgIpc) is 2.90. The summed E-state index contributed by atoms with van der Waals surface area (Å²) < 4.78 is 0. The molecule has 2 aromatic rings. The van der Waals surface area contributed by atoms with Crippen LogP contribution in [-0.2, 0) is 6.42 Å². The summed E-state index contributed by atoms with van der Waals surface area (Å²) in [5, 5.41) is 6.25.